The summed E-state index contributed by atoms with van der Waals surface area (Å²) in [5.41, 5.74) is 0.910. The highest BCUT2D eigenvalue weighted by Gasteiger charge is 2.55. The highest BCUT2D eigenvalue weighted by atomic mass is 19.4. The number of esters is 3. The fourth-order valence-corrected chi connectivity index (χ4v) is 6.72. The first-order chi connectivity index (χ1) is 29.3. The van der Waals surface area contributed by atoms with Crippen molar-refractivity contribution in [2.45, 2.75) is 101 Å². The van der Waals surface area contributed by atoms with E-state index in [2.05, 4.69) is 15.4 Å². The van der Waals surface area contributed by atoms with Gasteiger partial charge < -0.3 is 44.5 Å². The third-order valence-electron chi connectivity index (χ3n) is 9.61. The predicted molar refractivity (Wildman–Crippen MR) is 216 cm³/mol. The fraction of sp³-hybridized carbons (Fsp3) is 0.400. The van der Waals surface area contributed by atoms with Crippen LogP contribution < -0.4 is 10.6 Å². The van der Waals surface area contributed by atoms with Gasteiger partial charge in [-0.2, -0.15) is 13.2 Å². The number of benzene rings is 3. The molecule has 14 nitrogen and oxygen atoms in total. The van der Waals surface area contributed by atoms with Gasteiger partial charge in [-0.1, -0.05) is 72.8 Å². The van der Waals surface area contributed by atoms with Crippen LogP contribution in [0.3, 0.4) is 0 Å². The Kier molecular flexibility index (Phi) is 15.5. The molecule has 0 radical (unpaired) electrons. The first-order valence-corrected chi connectivity index (χ1v) is 19.8. The Balaban J connectivity index is 1.38. The summed E-state index contributed by atoms with van der Waals surface area (Å²) >= 11 is 0. The van der Waals surface area contributed by atoms with Crippen LogP contribution in [-0.2, 0) is 48.6 Å². The van der Waals surface area contributed by atoms with Crippen LogP contribution >= 0.6 is 0 Å². The van der Waals surface area contributed by atoms with E-state index in [9.17, 15) is 47.4 Å². The van der Waals surface area contributed by atoms with Gasteiger partial charge in [0.2, 0.25) is 17.6 Å². The second kappa shape index (κ2) is 20.3. The maximum atomic E-state index is 14.0. The first-order valence-electron chi connectivity index (χ1n) is 19.8. The minimum atomic E-state index is -4.68. The molecule has 0 saturated carbocycles. The van der Waals surface area contributed by atoms with Crippen molar-refractivity contribution >= 4 is 35.8 Å². The number of rotatable bonds is 16. The van der Waals surface area contributed by atoms with Crippen LogP contribution in [0.25, 0.3) is 6.08 Å². The molecule has 2 aliphatic rings. The number of ether oxygens (including phenoxy) is 5. The summed E-state index contributed by atoms with van der Waals surface area (Å²) in [5.74, 6) is -5.75. The Morgan fingerprint density at radius 3 is 2.06 bits per heavy atom. The largest absolute Gasteiger partial charge is 0.460 e. The van der Waals surface area contributed by atoms with E-state index in [1.54, 1.807) is 69.3 Å². The summed E-state index contributed by atoms with van der Waals surface area (Å²) in [7, 11) is 0. The van der Waals surface area contributed by atoms with Crippen molar-refractivity contribution in [1.29, 1.82) is 0 Å². The molecule has 0 aromatic heterocycles. The molecule has 1 aliphatic carbocycles. The molecule has 6 atom stereocenters. The van der Waals surface area contributed by atoms with Crippen molar-refractivity contribution in [3.05, 3.63) is 125 Å². The van der Waals surface area contributed by atoms with E-state index in [0.717, 1.165) is 6.08 Å². The molecule has 5 rings (SSSR count). The SMILES string of the molecule is CC(O)C(NC(=O)C1=CC2OC(c3ccccc3)(c3ccccc3)OC2C(OC(=O)c2ccc(C=CC(=O)OCC(F)(F)F)cc2)C1)C(=O)NC(CO)CCC(=O)OC(C)(C)C. The van der Waals surface area contributed by atoms with Gasteiger partial charge in [-0.15, -0.1) is 0 Å². The average molecular weight is 867 g/mol. The van der Waals surface area contributed by atoms with Crippen molar-refractivity contribution < 1.29 is 71.0 Å². The van der Waals surface area contributed by atoms with Crippen molar-refractivity contribution in [3.63, 3.8) is 0 Å². The lowest BCUT2D eigenvalue weighted by Crippen LogP contribution is -2.55. The summed E-state index contributed by atoms with van der Waals surface area (Å²) in [5, 5.41) is 25.7. The third kappa shape index (κ3) is 12.8. The van der Waals surface area contributed by atoms with Crippen LogP contribution in [-0.4, -0.2) is 101 Å². The maximum Gasteiger partial charge on any atom is 0.422 e. The van der Waals surface area contributed by atoms with Gasteiger partial charge in [0.05, 0.1) is 24.3 Å². The summed E-state index contributed by atoms with van der Waals surface area (Å²) in [6.07, 6.45) is -6.06. The molecule has 3 aromatic carbocycles. The number of aliphatic hydroxyl groups excluding tert-OH is 2. The number of halogens is 3. The second-order valence-electron chi connectivity index (χ2n) is 15.7. The molecule has 1 heterocycles. The van der Waals surface area contributed by atoms with E-state index in [4.69, 9.17) is 18.9 Å². The molecule has 1 fully saturated rings. The van der Waals surface area contributed by atoms with E-state index >= 15 is 0 Å². The van der Waals surface area contributed by atoms with Gasteiger partial charge in [-0.3, -0.25) is 14.4 Å². The van der Waals surface area contributed by atoms with Crippen LogP contribution in [0, 0.1) is 0 Å². The number of aliphatic hydroxyl groups is 2. The highest BCUT2D eigenvalue weighted by molar-refractivity contribution is 5.98. The Morgan fingerprint density at radius 1 is 0.903 bits per heavy atom. The maximum absolute atomic E-state index is 14.0. The van der Waals surface area contributed by atoms with Gasteiger partial charge in [0.1, 0.15) is 30.0 Å². The summed E-state index contributed by atoms with van der Waals surface area (Å²) < 4.78 is 66.1. The fourth-order valence-electron chi connectivity index (χ4n) is 6.72. The number of nitrogens with one attached hydrogen (secondary N) is 2. The Labute approximate surface area is 356 Å². The van der Waals surface area contributed by atoms with Gasteiger partial charge in [0.15, 0.2) is 6.61 Å². The molecule has 1 saturated heterocycles. The van der Waals surface area contributed by atoms with Crippen LogP contribution in [0.1, 0.15) is 74.0 Å². The molecule has 0 bridgehead atoms. The van der Waals surface area contributed by atoms with Crippen LogP contribution in [0.2, 0.25) is 0 Å². The van der Waals surface area contributed by atoms with E-state index in [-0.39, 0.29) is 30.4 Å². The zero-order valence-corrected chi connectivity index (χ0v) is 34.4. The molecule has 62 heavy (non-hydrogen) atoms. The number of amides is 2. The van der Waals surface area contributed by atoms with Crippen molar-refractivity contribution in [3.8, 4) is 0 Å². The number of fused-ring (bicyclic) bond motifs is 1. The third-order valence-corrected chi connectivity index (χ3v) is 9.61. The van der Waals surface area contributed by atoms with Crippen LogP contribution in [0.15, 0.2) is 103 Å². The number of hydrogen-bond acceptors (Lipinski definition) is 12. The minimum absolute atomic E-state index is 0.0141. The number of alkyl halides is 3. The van der Waals surface area contributed by atoms with E-state index < -0.39 is 97.0 Å². The number of hydrogen-bond donors (Lipinski definition) is 4. The Morgan fingerprint density at radius 2 is 1.52 bits per heavy atom. The van der Waals surface area contributed by atoms with E-state index in [1.807, 2.05) is 12.1 Å². The Bertz CT molecular complexity index is 2060. The van der Waals surface area contributed by atoms with E-state index in [1.165, 1.54) is 43.3 Å². The van der Waals surface area contributed by atoms with Gasteiger partial charge >= 0.3 is 24.1 Å². The molecule has 0 spiro atoms. The summed E-state index contributed by atoms with van der Waals surface area (Å²) in [6, 6.07) is 21.2. The molecular weight excluding hydrogens is 817 g/mol. The average Bonchev–Trinajstić information content (AvgIpc) is 3.64. The van der Waals surface area contributed by atoms with Crippen molar-refractivity contribution in [2.75, 3.05) is 13.2 Å². The molecule has 332 valence electrons. The van der Waals surface area contributed by atoms with Crippen molar-refractivity contribution in [1.82, 2.24) is 10.6 Å². The lowest BCUT2D eigenvalue weighted by molar-refractivity contribution is -0.182. The van der Waals surface area contributed by atoms with Crippen LogP contribution in [0.5, 0.6) is 0 Å². The lowest BCUT2D eigenvalue weighted by atomic mass is 9.91. The zero-order valence-electron chi connectivity index (χ0n) is 34.4. The zero-order chi connectivity index (χ0) is 45.2. The first kappa shape index (κ1) is 47.2. The second-order valence-corrected chi connectivity index (χ2v) is 15.7. The quantitative estimate of drug-likeness (QED) is 0.0873. The van der Waals surface area contributed by atoms with E-state index in [0.29, 0.717) is 16.7 Å². The topological polar surface area (TPSA) is 196 Å². The molecule has 2 amide bonds. The number of carbonyl (C=O) groups excluding carboxylic acids is 5. The summed E-state index contributed by atoms with van der Waals surface area (Å²) in [4.78, 5) is 65.2. The normalized spacial score (nSPS) is 19.9. The smallest absolute Gasteiger partial charge is 0.422 e. The molecule has 3 aromatic rings. The minimum Gasteiger partial charge on any atom is -0.460 e. The van der Waals surface area contributed by atoms with Gasteiger partial charge in [0, 0.05) is 35.6 Å². The molecule has 17 heteroatoms. The lowest BCUT2D eigenvalue weighted by Gasteiger charge is -2.32. The number of carbonyl (C=O) groups is 5. The standard InChI is InChI=1S/C45H49F3N2O12/c1-27(52)38(41(56)49-33(25-51)20-22-37(54)61-43(2,3)4)50-40(55)30-23-34(59-42(57)29-18-15-28(16-19-29)17-21-36(53)58-26-44(46,47)48)39-35(24-30)60-45(62-39,31-11-7-5-8-12-31)32-13-9-6-10-14-32/h5-19,21,24,27,33-35,38-39,51-52H,20,22-23,25-26H2,1-4H3,(H,49,56)(H,50,55). The molecule has 6 unspecified atom stereocenters. The van der Waals surface area contributed by atoms with Crippen molar-refractivity contribution in [2.24, 2.45) is 0 Å². The van der Waals surface area contributed by atoms with Crippen LogP contribution in [0.4, 0.5) is 13.2 Å². The molecular formula is C45H49F3N2O12. The predicted octanol–water partition coefficient (Wildman–Crippen LogP) is 4.81. The highest BCUT2D eigenvalue weighted by Crippen LogP contribution is 2.47. The Hall–Kier alpha value is -5.88. The van der Waals surface area contributed by atoms with Gasteiger partial charge in [-0.25, -0.2) is 9.59 Å². The molecule has 4 N–H and O–H groups in total. The molecule has 1 aliphatic heterocycles. The van der Waals surface area contributed by atoms with Gasteiger partial charge in [0.25, 0.3) is 0 Å². The monoisotopic (exact) mass is 866 g/mol. The summed E-state index contributed by atoms with van der Waals surface area (Å²) in [6.45, 7) is 4.12. The van der Waals surface area contributed by atoms with Gasteiger partial charge in [-0.05, 0) is 64.0 Å².